The van der Waals surface area contributed by atoms with Crippen molar-refractivity contribution in [2.45, 2.75) is 45.1 Å². The van der Waals surface area contributed by atoms with Gasteiger partial charge in [0.2, 0.25) is 0 Å². The molecule has 0 rings (SSSR count). The highest BCUT2D eigenvalue weighted by molar-refractivity contribution is 7.85. The van der Waals surface area contributed by atoms with E-state index in [1.54, 1.807) is 0 Å². The number of hydrogen-bond acceptors (Lipinski definition) is 4. The van der Waals surface area contributed by atoms with Gasteiger partial charge in [-0.05, 0) is 26.7 Å². The third kappa shape index (κ3) is 9.84. The van der Waals surface area contributed by atoms with E-state index in [1.165, 1.54) is 13.8 Å². The fourth-order valence-electron chi connectivity index (χ4n) is 1.34. The summed E-state index contributed by atoms with van der Waals surface area (Å²) in [7, 11) is -4.15. The van der Waals surface area contributed by atoms with Crippen molar-refractivity contribution in [3.63, 3.8) is 0 Å². The second-order valence-electron chi connectivity index (χ2n) is 4.13. The van der Waals surface area contributed by atoms with Gasteiger partial charge in [0.25, 0.3) is 10.1 Å². The van der Waals surface area contributed by atoms with Gasteiger partial charge in [0, 0.05) is 6.42 Å². The summed E-state index contributed by atoms with van der Waals surface area (Å²) >= 11 is 0. The molecule has 1 unspecified atom stereocenters. The van der Waals surface area contributed by atoms with Gasteiger partial charge in [0.05, 0.1) is 5.60 Å². The molecule has 0 spiro atoms. The molecule has 0 aromatic rings. The molecule has 0 radical (unpaired) electrons. The smallest absolute Gasteiger partial charge is 0.267 e. The Labute approximate surface area is 90.2 Å². The zero-order chi connectivity index (χ0) is 12.1. The molecule has 0 heterocycles. The molecule has 6 heteroatoms. The standard InChI is InChI=1S/C9H18O5S/c1-8(10)5-3-4-6-9(2,11)7-15(12,13)14/h11H,3-7H2,1-2H3,(H,12,13,14). The number of unbranched alkanes of at least 4 members (excludes halogenated alkanes) is 1. The van der Waals surface area contributed by atoms with Crippen molar-refractivity contribution in [1.29, 1.82) is 0 Å². The van der Waals surface area contributed by atoms with E-state index in [4.69, 9.17) is 4.55 Å². The Balaban J connectivity index is 3.89. The van der Waals surface area contributed by atoms with Crippen molar-refractivity contribution in [3.8, 4) is 0 Å². The van der Waals surface area contributed by atoms with Crippen LogP contribution in [0.2, 0.25) is 0 Å². The Morgan fingerprint density at radius 1 is 1.33 bits per heavy atom. The maximum absolute atomic E-state index is 10.6. The van der Waals surface area contributed by atoms with Crippen LogP contribution in [0.4, 0.5) is 0 Å². The van der Waals surface area contributed by atoms with Crippen LogP contribution < -0.4 is 0 Å². The molecule has 0 aliphatic rings. The third-order valence-corrected chi connectivity index (χ3v) is 2.97. The van der Waals surface area contributed by atoms with Crippen molar-refractivity contribution in [2.24, 2.45) is 0 Å². The summed E-state index contributed by atoms with van der Waals surface area (Å²) < 4.78 is 29.6. The van der Waals surface area contributed by atoms with Gasteiger partial charge in [-0.2, -0.15) is 8.42 Å². The number of ketones is 1. The highest BCUT2D eigenvalue weighted by Crippen LogP contribution is 2.16. The van der Waals surface area contributed by atoms with Gasteiger partial charge in [0.1, 0.15) is 11.5 Å². The summed E-state index contributed by atoms with van der Waals surface area (Å²) in [4.78, 5) is 10.6. The second kappa shape index (κ2) is 5.58. The Morgan fingerprint density at radius 3 is 2.27 bits per heavy atom. The largest absolute Gasteiger partial charge is 0.389 e. The lowest BCUT2D eigenvalue weighted by molar-refractivity contribution is -0.117. The van der Waals surface area contributed by atoms with E-state index in [-0.39, 0.29) is 12.2 Å². The summed E-state index contributed by atoms with van der Waals surface area (Å²) in [5, 5.41) is 9.59. The minimum atomic E-state index is -4.15. The van der Waals surface area contributed by atoms with E-state index in [2.05, 4.69) is 0 Å². The minimum Gasteiger partial charge on any atom is -0.389 e. The summed E-state index contributed by atoms with van der Waals surface area (Å²) in [5.41, 5.74) is -1.43. The number of aliphatic hydroxyl groups is 1. The van der Waals surface area contributed by atoms with Crippen molar-refractivity contribution >= 4 is 15.9 Å². The third-order valence-electron chi connectivity index (χ3n) is 1.99. The van der Waals surface area contributed by atoms with E-state index in [9.17, 15) is 18.3 Å². The number of carbonyl (C=O) groups excluding carboxylic acids is 1. The minimum absolute atomic E-state index is 0.0735. The molecular weight excluding hydrogens is 220 g/mol. The van der Waals surface area contributed by atoms with E-state index >= 15 is 0 Å². The molecule has 2 N–H and O–H groups in total. The molecule has 0 aliphatic carbocycles. The van der Waals surface area contributed by atoms with Crippen LogP contribution in [0.15, 0.2) is 0 Å². The SMILES string of the molecule is CC(=O)CCCCC(C)(O)CS(=O)(=O)O. The summed E-state index contributed by atoms with van der Waals surface area (Å²) in [6.45, 7) is 2.84. The highest BCUT2D eigenvalue weighted by atomic mass is 32.2. The zero-order valence-electron chi connectivity index (χ0n) is 9.06. The van der Waals surface area contributed by atoms with Crippen LogP contribution in [0.25, 0.3) is 0 Å². The quantitative estimate of drug-likeness (QED) is 0.505. The monoisotopic (exact) mass is 238 g/mol. The highest BCUT2D eigenvalue weighted by Gasteiger charge is 2.26. The molecule has 0 aliphatic heterocycles. The molecule has 90 valence electrons. The molecule has 0 saturated heterocycles. The lowest BCUT2D eigenvalue weighted by atomic mass is 10.00. The maximum atomic E-state index is 10.6. The molecule has 0 fully saturated rings. The number of Topliss-reactive ketones (excluding diaryl/α,β-unsaturated/α-hetero) is 1. The van der Waals surface area contributed by atoms with Gasteiger partial charge < -0.3 is 9.90 Å². The maximum Gasteiger partial charge on any atom is 0.267 e. The molecule has 0 bridgehead atoms. The van der Waals surface area contributed by atoms with Gasteiger partial charge in [0.15, 0.2) is 0 Å². The van der Waals surface area contributed by atoms with Crippen LogP contribution >= 0.6 is 0 Å². The lowest BCUT2D eigenvalue weighted by Crippen LogP contribution is -2.33. The van der Waals surface area contributed by atoms with Crippen molar-refractivity contribution < 1.29 is 22.9 Å². The fraction of sp³-hybridized carbons (Fsp3) is 0.889. The van der Waals surface area contributed by atoms with Crippen molar-refractivity contribution in [3.05, 3.63) is 0 Å². The number of hydrogen-bond donors (Lipinski definition) is 2. The average Bonchev–Trinajstić information content (AvgIpc) is 1.93. The first-order valence-electron chi connectivity index (χ1n) is 4.79. The van der Waals surface area contributed by atoms with Crippen LogP contribution in [-0.2, 0) is 14.9 Å². The Bertz CT molecular complexity index is 304. The Hall–Kier alpha value is -0.460. The predicted octanol–water partition coefficient (Wildman–Crippen LogP) is 0.775. The van der Waals surface area contributed by atoms with Crippen molar-refractivity contribution in [1.82, 2.24) is 0 Å². The van der Waals surface area contributed by atoms with Crippen LogP contribution in [0.1, 0.15) is 39.5 Å². The molecule has 0 saturated carbocycles. The van der Waals surface area contributed by atoms with E-state index in [0.717, 1.165) is 0 Å². The molecule has 0 aromatic heterocycles. The normalized spacial score (nSPS) is 16.0. The first kappa shape index (κ1) is 14.5. The molecule has 0 aromatic carbocycles. The van der Waals surface area contributed by atoms with Gasteiger partial charge in [-0.25, -0.2) is 0 Å². The summed E-state index contributed by atoms with van der Waals surface area (Å²) in [6, 6.07) is 0. The Kier molecular flexibility index (Phi) is 5.41. The first-order chi connectivity index (χ1) is 6.62. The van der Waals surface area contributed by atoms with E-state index in [1.807, 2.05) is 0 Å². The van der Waals surface area contributed by atoms with E-state index < -0.39 is 21.5 Å². The van der Waals surface area contributed by atoms with Crippen molar-refractivity contribution in [2.75, 3.05) is 5.75 Å². The second-order valence-corrected chi connectivity index (χ2v) is 5.58. The lowest BCUT2D eigenvalue weighted by Gasteiger charge is -2.21. The average molecular weight is 238 g/mol. The van der Waals surface area contributed by atoms with Gasteiger partial charge in [-0.15, -0.1) is 0 Å². The predicted molar refractivity (Wildman–Crippen MR) is 56.2 cm³/mol. The van der Waals surface area contributed by atoms with E-state index in [0.29, 0.717) is 19.3 Å². The van der Waals surface area contributed by atoms with Crippen LogP contribution in [0, 0.1) is 0 Å². The Morgan fingerprint density at radius 2 is 1.87 bits per heavy atom. The summed E-state index contributed by atoms with van der Waals surface area (Å²) in [5.74, 6) is -0.593. The summed E-state index contributed by atoms with van der Waals surface area (Å²) in [6.07, 6.45) is 1.86. The van der Waals surface area contributed by atoms with Crippen LogP contribution in [0.5, 0.6) is 0 Å². The molecule has 5 nitrogen and oxygen atoms in total. The van der Waals surface area contributed by atoms with Gasteiger partial charge in [-0.1, -0.05) is 6.42 Å². The first-order valence-corrected chi connectivity index (χ1v) is 6.40. The topological polar surface area (TPSA) is 91.7 Å². The molecule has 0 amide bonds. The fourth-order valence-corrected chi connectivity index (χ4v) is 2.28. The van der Waals surface area contributed by atoms with Gasteiger partial charge >= 0.3 is 0 Å². The number of carbonyl (C=O) groups is 1. The molecule has 15 heavy (non-hydrogen) atoms. The molecular formula is C9H18O5S. The zero-order valence-corrected chi connectivity index (χ0v) is 9.88. The van der Waals surface area contributed by atoms with Crippen LogP contribution in [0.3, 0.4) is 0 Å². The molecule has 1 atom stereocenters. The van der Waals surface area contributed by atoms with Gasteiger partial charge in [-0.3, -0.25) is 4.55 Å². The number of rotatable bonds is 7. The van der Waals surface area contributed by atoms with Crippen LogP contribution in [-0.4, -0.2) is 35.2 Å².